The van der Waals surface area contributed by atoms with Gasteiger partial charge >= 0.3 is 5.97 Å². The molecule has 0 radical (unpaired) electrons. The molecule has 0 saturated carbocycles. The molecule has 0 aliphatic heterocycles. The Kier molecular flexibility index (Phi) is 6.13. The van der Waals surface area contributed by atoms with Crippen LogP contribution in [0.1, 0.15) is 49.9 Å². The van der Waals surface area contributed by atoms with E-state index in [1.54, 1.807) is 31.4 Å². The molecule has 0 spiro atoms. The minimum Gasteiger partial charge on any atom is -0.496 e. The fraction of sp³-hybridized carbons (Fsp3) is 0.200. The number of carbonyl (C=O) groups is 2. The number of carbonyl (C=O) groups excluding carboxylic acids is 2. The fourth-order valence-corrected chi connectivity index (χ4v) is 3.25. The molecule has 29 heavy (non-hydrogen) atoms. The highest BCUT2D eigenvalue weighted by Crippen LogP contribution is 2.24. The van der Waals surface area contributed by atoms with Gasteiger partial charge in [0.2, 0.25) is 0 Å². The lowest BCUT2D eigenvalue weighted by Gasteiger charge is -2.11. The summed E-state index contributed by atoms with van der Waals surface area (Å²) in [5.41, 5.74) is 5.14. The van der Waals surface area contributed by atoms with E-state index in [9.17, 15) is 9.59 Å². The van der Waals surface area contributed by atoms with Crippen LogP contribution in [-0.2, 0) is 6.42 Å². The quantitative estimate of drug-likeness (QED) is 0.326. The summed E-state index contributed by atoms with van der Waals surface area (Å²) in [6, 6.07) is 18.5. The number of rotatable bonds is 6. The average molecular weight is 388 g/mol. The Morgan fingerprint density at radius 2 is 1.38 bits per heavy atom. The number of aryl methyl sites for hydroxylation is 2. The van der Waals surface area contributed by atoms with Gasteiger partial charge in [-0.05, 0) is 73.7 Å². The molecule has 0 aromatic heterocycles. The Morgan fingerprint density at radius 3 is 1.93 bits per heavy atom. The second-order valence-electron chi connectivity index (χ2n) is 7.11. The van der Waals surface area contributed by atoms with Crippen molar-refractivity contribution in [3.63, 3.8) is 0 Å². The van der Waals surface area contributed by atoms with Crippen LogP contribution in [0, 0.1) is 13.8 Å². The highest BCUT2D eigenvalue weighted by molar-refractivity contribution is 5.98. The van der Waals surface area contributed by atoms with E-state index in [0.29, 0.717) is 16.9 Å². The molecule has 148 valence electrons. The zero-order valence-electron chi connectivity index (χ0n) is 17.1. The molecule has 0 heterocycles. The van der Waals surface area contributed by atoms with Crippen LogP contribution >= 0.6 is 0 Å². The van der Waals surface area contributed by atoms with Crippen LogP contribution in [0.15, 0.2) is 60.7 Å². The minimum atomic E-state index is -0.477. The third-order valence-corrected chi connectivity index (χ3v) is 4.81. The van der Waals surface area contributed by atoms with E-state index < -0.39 is 5.97 Å². The number of ether oxygens (including phenoxy) is 2. The standard InChI is InChI=1S/C25H24O4/c1-16-12-19(8-10-23(16)28-4)14-20-9-11-24(17(2)13-20)29-25(27)22-7-5-6-21(15-22)18(3)26/h5-13,15H,14H2,1-4H3. The Labute approximate surface area is 171 Å². The number of methoxy groups -OCH3 is 1. The maximum Gasteiger partial charge on any atom is 0.343 e. The van der Waals surface area contributed by atoms with Gasteiger partial charge in [0.15, 0.2) is 5.78 Å². The third-order valence-electron chi connectivity index (χ3n) is 4.81. The van der Waals surface area contributed by atoms with E-state index in [4.69, 9.17) is 9.47 Å². The number of ketones is 1. The molecule has 0 atom stereocenters. The number of Topliss-reactive ketones (excluding diaryl/α,β-unsaturated/α-hetero) is 1. The Hall–Kier alpha value is -3.40. The van der Waals surface area contributed by atoms with E-state index >= 15 is 0 Å². The predicted molar refractivity (Wildman–Crippen MR) is 113 cm³/mol. The molecule has 3 aromatic rings. The first-order valence-electron chi connectivity index (χ1n) is 9.43. The highest BCUT2D eigenvalue weighted by Gasteiger charge is 2.12. The second-order valence-corrected chi connectivity index (χ2v) is 7.11. The number of hydrogen-bond donors (Lipinski definition) is 0. The molecule has 0 aliphatic carbocycles. The summed E-state index contributed by atoms with van der Waals surface area (Å²) in [5.74, 6) is 0.822. The van der Waals surface area contributed by atoms with Crippen LogP contribution in [0.3, 0.4) is 0 Å². The molecule has 3 rings (SSSR count). The molecule has 4 heteroatoms. The number of esters is 1. The lowest BCUT2D eigenvalue weighted by atomic mass is 10.0. The molecule has 0 fully saturated rings. The SMILES string of the molecule is COc1ccc(Cc2ccc(OC(=O)c3cccc(C(C)=O)c3)c(C)c2)cc1C. The van der Waals surface area contributed by atoms with Gasteiger partial charge in [-0.3, -0.25) is 4.79 Å². The number of hydrogen-bond acceptors (Lipinski definition) is 4. The van der Waals surface area contributed by atoms with Gasteiger partial charge in [-0.25, -0.2) is 4.79 Å². The van der Waals surface area contributed by atoms with Gasteiger partial charge in [0.25, 0.3) is 0 Å². The first-order valence-corrected chi connectivity index (χ1v) is 9.43. The van der Waals surface area contributed by atoms with Gasteiger partial charge in [0, 0.05) is 5.56 Å². The van der Waals surface area contributed by atoms with E-state index in [1.165, 1.54) is 12.5 Å². The topological polar surface area (TPSA) is 52.6 Å². The number of benzene rings is 3. The van der Waals surface area contributed by atoms with Crippen molar-refractivity contribution in [3.8, 4) is 11.5 Å². The van der Waals surface area contributed by atoms with Crippen molar-refractivity contribution in [3.05, 3.63) is 94.0 Å². The summed E-state index contributed by atoms with van der Waals surface area (Å²) in [5, 5.41) is 0. The Morgan fingerprint density at radius 1 is 0.793 bits per heavy atom. The Bertz CT molecular complexity index is 1070. The van der Waals surface area contributed by atoms with Crippen molar-refractivity contribution < 1.29 is 19.1 Å². The first-order chi connectivity index (χ1) is 13.9. The van der Waals surface area contributed by atoms with Crippen molar-refractivity contribution in [2.24, 2.45) is 0 Å². The van der Waals surface area contributed by atoms with Crippen molar-refractivity contribution in [2.45, 2.75) is 27.2 Å². The van der Waals surface area contributed by atoms with Crippen LogP contribution < -0.4 is 9.47 Å². The maximum atomic E-state index is 12.5. The summed E-state index contributed by atoms with van der Waals surface area (Å²) >= 11 is 0. The first kappa shape index (κ1) is 20.3. The molecule has 0 N–H and O–H groups in total. The van der Waals surface area contributed by atoms with Gasteiger partial charge < -0.3 is 9.47 Å². The van der Waals surface area contributed by atoms with Gasteiger partial charge in [0.1, 0.15) is 11.5 Å². The summed E-state index contributed by atoms with van der Waals surface area (Å²) in [6.45, 7) is 5.41. The zero-order chi connectivity index (χ0) is 21.0. The monoisotopic (exact) mass is 388 g/mol. The van der Waals surface area contributed by atoms with Crippen LogP contribution in [0.25, 0.3) is 0 Å². The molecule has 0 unspecified atom stereocenters. The highest BCUT2D eigenvalue weighted by atomic mass is 16.5. The summed E-state index contributed by atoms with van der Waals surface area (Å²) < 4.78 is 10.9. The molecule has 4 nitrogen and oxygen atoms in total. The average Bonchev–Trinajstić information content (AvgIpc) is 2.70. The van der Waals surface area contributed by atoms with E-state index in [1.807, 2.05) is 38.1 Å². The maximum absolute atomic E-state index is 12.5. The largest absolute Gasteiger partial charge is 0.496 e. The Balaban J connectivity index is 1.74. The lowest BCUT2D eigenvalue weighted by molar-refractivity contribution is 0.0733. The van der Waals surface area contributed by atoms with Gasteiger partial charge in [-0.2, -0.15) is 0 Å². The third kappa shape index (κ3) is 4.91. The molecule has 0 aliphatic rings. The van der Waals surface area contributed by atoms with E-state index in [2.05, 4.69) is 12.1 Å². The smallest absolute Gasteiger partial charge is 0.343 e. The lowest BCUT2D eigenvalue weighted by Crippen LogP contribution is -2.10. The van der Waals surface area contributed by atoms with Crippen molar-refractivity contribution >= 4 is 11.8 Å². The predicted octanol–water partition coefficient (Wildman–Crippen LogP) is 5.32. The van der Waals surface area contributed by atoms with Gasteiger partial charge in [-0.1, -0.05) is 36.4 Å². The molecule has 0 amide bonds. The molecule has 0 bridgehead atoms. The van der Waals surface area contributed by atoms with Crippen LogP contribution in [0.2, 0.25) is 0 Å². The minimum absolute atomic E-state index is 0.0889. The van der Waals surface area contributed by atoms with E-state index in [0.717, 1.165) is 28.9 Å². The zero-order valence-corrected chi connectivity index (χ0v) is 17.1. The van der Waals surface area contributed by atoms with Crippen molar-refractivity contribution in [1.29, 1.82) is 0 Å². The van der Waals surface area contributed by atoms with E-state index in [-0.39, 0.29) is 5.78 Å². The second kappa shape index (κ2) is 8.74. The fourth-order valence-electron chi connectivity index (χ4n) is 3.25. The van der Waals surface area contributed by atoms with Crippen LogP contribution in [0.4, 0.5) is 0 Å². The van der Waals surface area contributed by atoms with Crippen LogP contribution in [-0.4, -0.2) is 18.9 Å². The normalized spacial score (nSPS) is 10.5. The molecule has 0 saturated heterocycles. The molecular weight excluding hydrogens is 364 g/mol. The summed E-state index contributed by atoms with van der Waals surface area (Å²) in [7, 11) is 1.67. The summed E-state index contributed by atoms with van der Waals surface area (Å²) in [4.78, 5) is 24.0. The van der Waals surface area contributed by atoms with Crippen LogP contribution in [0.5, 0.6) is 11.5 Å². The van der Waals surface area contributed by atoms with Crippen molar-refractivity contribution in [2.75, 3.05) is 7.11 Å². The molecular formula is C25H24O4. The van der Waals surface area contributed by atoms with Gasteiger partial charge in [-0.15, -0.1) is 0 Å². The van der Waals surface area contributed by atoms with Crippen molar-refractivity contribution in [1.82, 2.24) is 0 Å². The van der Waals surface area contributed by atoms with Gasteiger partial charge in [0.05, 0.1) is 12.7 Å². The molecule has 3 aromatic carbocycles. The summed E-state index contributed by atoms with van der Waals surface area (Å²) in [6.07, 6.45) is 0.778.